The van der Waals surface area contributed by atoms with Crippen LogP contribution in [-0.4, -0.2) is 17.6 Å². The zero-order chi connectivity index (χ0) is 11.8. The fourth-order valence-corrected chi connectivity index (χ4v) is 1.88. The van der Waals surface area contributed by atoms with Crippen molar-refractivity contribution < 1.29 is 14.3 Å². The molecule has 1 aromatic rings. The Kier molecular flexibility index (Phi) is 2.88. The smallest absolute Gasteiger partial charge is 0.311 e. The van der Waals surface area contributed by atoms with Gasteiger partial charge in [0.2, 0.25) is 0 Å². The third-order valence-electron chi connectivity index (χ3n) is 2.85. The largest absolute Gasteiger partial charge is 0.481 e. The van der Waals surface area contributed by atoms with Gasteiger partial charge in [0, 0.05) is 11.0 Å². The topological polar surface area (TPSA) is 49.3 Å². The molecule has 0 aliphatic heterocycles. The zero-order valence-corrected chi connectivity index (χ0v) is 10.1. The summed E-state index contributed by atoms with van der Waals surface area (Å²) in [5.41, 5.74) is -0.351. The fourth-order valence-electron chi connectivity index (χ4n) is 1.51. The van der Waals surface area contributed by atoms with Crippen LogP contribution in [0.3, 0.4) is 0 Å². The van der Waals surface area contributed by atoms with Crippen LogP contribution < -0.4 is 5.32 Å². The lowest BCUT2D eigenvalue weighted by Crippen LogP contribution is -2.24. The summed E-state index contributed by atoms with van der Waals surface area (Å²) in [5, 5.41) is 11.8. The van der Waals surface area contributed by atoms with Crippen LogP contribution in [0.2, 0.25) is 0 Å². The van der Waals surface area contributed by atoms with E-state index in [0.717, 1.165) is 4.47 Å². The lowest BCUT2D eigenvalue weighted by atomic mass is 10.1. The fraction of sp³-hybridized carbons (Fsp3) is 0.364. The Morgan fingerprint density at radius 1 is 1.56 bits per heavy atom. The van der Waals surface area contributed by atoms with Crippen molar-refractivity contribution in [1.29, 1.82) is 0 Å². The molecule has 1 saturated carbocycles. The van der Waals surface area contributed by atoms with Gasteiger partial charge < -0.3 is 10.4 Å². The molecule has 1 fully saturated rings. The second kappa shape index (κ2) is 4.05. The summed E-state index contributed by atoms with van der Waals surface area (Å²) in [5.74, 6) is -1.18. The monoisotopic (exact) mass is 287 g/mol. The first-order valence-corrected chi connectivity index (χ1v) is 5.75. The van der Waals surface area contributed by atoms with E-state index in [-0.39, 0.29) is 12.4 Å². The number of hydrogen-bond acceptors (Lipinski definition) is 2. The number of carboxylic acid groups (broad SMARTS) is 1. The molecule has 1 aliphatic carbocycles. The lowest BCUT2D eigenvalue weighted by molar-refractivity contribution is -0.142. The maximum absolute atomic E-state index is 13.3. The predicted molar refractivity (Wildman–Crippen MR) is 61.9 cm³/mol. The number of rotatable bonds is 4. The Morgan fingerprint density at radius 2 is 2.25 bits per heavy atom. The molecule has 0 atom stereocenters. The first-order valence-electron chi connectivity index (χ1n) is 4.96. The van der Waals surface area contributed by atoms with Gasteiger partial charge in [0.05, 0.1) is 11.1 Å². The first kappa shape index (κ1) is 11.4. The molecule has 5 heteroatoms. The molecule has 3 nitrogen and oxygen atoms in total. The average Bonchev–Trinajstić information content (AvgIpc) is 3.00. The molecule has 0 radical (unpaired) electrons. The van der Waals surface area contributed by atoms with Gasteiger partial charge in [0.1, 0.15) is 5.82 Å². The molecular formula is C11H11BrFNO2. The van der Waals surface area contributed by atoms with Crippen LogP contribution in [-0.2, 0) is 4.79 Å². The van der Waals surface area contributed by atoms with Crippen LogP contribution in [0.15, 0.2) is 22.7 Å². The Hall–Kier alpha value is -1.10. The second-order valence-corrected chi connectivity index (χ2v) is 4.98. The summed E-state index contributed by atoms with van der Waals surface area (Å²) < 4.78 is 14.1. The third kappa shape index (κ3) is 2.19. The second-order valence-electron chi connectivity index (χ2n) is 4.06. The normalized spacial score (nSPS) is 16.9. The summed E-state index contributed by atoms with van der Waals surface area (Å²) in [6.07, 6.45) is 1.32. The SMILES string of the molecule is O=C(O)C1(CNc2cc(Br)ccc2F)CC1. The summed E-state index contributed by atoms with van der Waals surface area (Å²) >= 11 is 3.24. The minimum Gasteiger partial charge on any atom is -0.481 e. The van der Waals surface area contributed by atoms with E-state index in [2.05, 4.69) is 21.2 Å². The molecule has 0 bridgehead atoms. The quantitative estimate of drug-likeness (QED) is 0.895. The van der Waals surface area contributed by atoms with E-state index < -0.39 is 11.4 Å². The molecule has 1 aliphatic rings. The van der Waals surface area contributed by atoms with E-state index >= 15 is 0 Å². The lowest BCUT2D eigenvalue weighted by Gasteiger charge is -2.13. The van der Waals surface area contributed by atoms with Gasteiger partial charge >= 0.3 is 5.97 Å². The number of nitrogens with one attached hydrogen (secondary N) is 1. The maximum Gasteiger partial charge on any atom is 0.311 e. The van der Waals surface area contributed by atoms with Crippen molar-refractivity contribution in [3.05, 3.63) is 28.5 Å². The van der Waals surface area contributed by atoms with Crippen LogP contribution in [0.25, 0.3) is 0 Å². The van der Waals surface area contributed by atoms with Gasteiger partial charge in [-0.15, -0.1) is 0 Å². The number of benzene rings is 1. The van der Waals surface area contributed by atoms with E-state index in [1.54, 1.807) is 12.1 Å². The minimum atomic E-state index is -0.810. The Labute approximate surface area is 101 Å². The van der Waals surface area contributed by atoms with Crippen molar-refractivity contribution in [3.8, 4) is 0 Å². The zero-order valence-electron chi connectivity index (χ0n) is 8.46. The van der Waals surface area contributed by atoms with Gasteiger partial charge in [0.15, 0.2) is 0 Å². The number of carbonyl (C=O) groups is 1. The molecule has 2 rings (SSSR count). The molecular weight excluding hydrogens is 277 g/mol. The van der Waals surface area contributed by atoms with E-state index in [4.69, 9.17) is 5.11 Å². The molecule has 0 aromatic heterocycles. The van der Waals surface area contributed by atoms with Crippen LogP contribution in [0.4, 0.5) is 10.1 Å². The molecule has 2 N–H and O–H groups in total. The van der Waals surface area contributed by atoms with Crippen molar-refractivity contribution in [1.82, 2.24) is 0 Å². The van der Waals surface area contributed by atoms with Crippen molar-refractivity contribution in [2.24, 2.45) is 5.41 Å². The van der Waals surface area contributed by atoms with Crippen molar-refractivity contribution in [2.75, 3.05) is 11.9 Å². The highest BCUT2D eigenvalue weighted by atomic mass is 79.9. The highest BCUT2D eigenvalue weighted by molar-refractivity contribution is 9.10. The predicted octanol–water partition coefficient (Wildman–Crippen LogP) is 2.86. The molecule has 86 valence electrons. The van der Waals surface area contributed by atoms with Crippen molar-refractivity contribution in [2.45, 2.75) is 12.8 Å². The first-order chi connectivity index (χ1) is 7.53. The highest BCUT2D eigenvalue weighted by Crippen LogP contribution is 2.45. The van der Waals surface area contributed by atoms with Gasteiger partial charge in [-0.1, -0.05) is 15.9 Å². The van der Waals surface area contributed by atoms with Gasteiger partial charge in [-0.25, -0.2) is 4.39 Å². The van der Waals surface area contributed by atoms with Gasteiger partial charge in [-0.05, 0) is 31.0 Å². The summed E-state index contributed by atoms with van der Waals surface area (Å²) in [4.78, 5) is 10.9. The van der Waals surface area contributed by atoms with Crippen LogP contribution in [0, 0.1) is 11.2 Å². The molecule has 1 aromatic carbocycles. The van der Waals surface area contributed by atoms with Crippen molar-refractivity contribution >= 4 is 27.6 Å². The summed E-state index contributed by atoms with van der Waals surface area (Å²) in [7, 11) is 0. The average molecular weight is 288 g/mol. The minimum absolute atomic E-state index is 0.274. The highest BCUT2D eigenvalue weighted by Gasteiger charge is 2.50. The van der Waals surface area contributed by atoms with E-state index in [1.165, 1.54) is 6.07 Å². The standard InChI is InChI=1S/C11H11BrFNO2/c12-7-1-2-8(13)9(5-7)14-6-11(3-4-11)10(15)16/h1-2,5,14H,3-4,6H2,(H,15,16). The Morgan fingerprint density at radius 3 is 2.81 bits per heavy atom. The van der Waals surface area contributed by atoms with E-state index in [9.17, 15) is 9.18 Å². The Bertz CT molecular complexity index is 432. The molecule has 0 spiro atoms. The molecule has 0 saturated heterocycles. The Balaban J connectivity index is 2.05. The molecule has 0 unspecified atom stereocenters. The molecule has 16 heavy (non-hydrogen) atoms. The number of anilines is 1. The van der Waals surface area contributed by atoms with Crippen LogP contribution in [0.1, 0.15) is 12.8 Å². The number of hydrogen-bond donors (Lipinski definition) is 2. The third-order valence-corrected chi connectivity index (χ3v) is 3.35. The van der Waals surface area contributed by atoms with Gasteiger partial charge in [-0.2, -0.15) is 0 Å². The summed E-state index contributed by atoms with van der Waals surface area (Å²) in [6.45, 7) is 0.274. The number of carboxylic acids is 1. The number of halogens is 2. The molecule has 0 amide bonds. The van der Waals surface area contributed by atoms with Crippen molar-refractivity contribution in [3.63, 3.8) is 0 Å². The van der Waals surface area contributed by atoms with Gasteiger partial charge in [0.25, 0.3) is 0 Å². The van der Waals surface area contributed by atoms with E-state index in [1.807, 2.05) is 0 Å². The molecule has 0 heterocycles. The summed E-state index contributed by atoms with van der Waals surface area (Å²) in [6, 6.07) is 4.55. The van der Waals surface area contributed by atoms with Crippen LogP contribution in [0.5, 0.6) is 0 Å². The van der Waals surface area contributed by atoms with Gasteiger partial charge in [-0.3, -0.25) is 4.79 Å². The van der Waals surface area contributed by atoms with Crippen LogP contribution >= 0.6 is 15.9 Å². The maximum atomic E-state index is 13.3. The van der Waals surface area contributed by atoms with E-state index in [0.29, 0.717) is 18.5 Å². The number of aliphatic carboxylic acids is 1.